The summed E-state index contributed by atoms with van der Waals surface area (Å²) in [6.45, 7) is 4.13. The Bertz CT molecular complexity index is 385. The molecule has 0 unspecified atom stereocenters. The van der Waals surface area contributed by atoms with E-state index < -0.39 is 0 Å². The number of hydrogen-bond donors (Lipinski definition) is 2. The molecule has 1 aromatic rings. The number of hydrazone groups is 1. The van der Waals surface area contributed by atoms with Crippen LogP contribution in [0.4, 0.5) is 0 Å². The summed E-state index contributed by atoms with van der Waals surface area (Å²) in [7, 11) is 1.75. The van der Waals surface area contributed by atoms with Crippen LogP contribution in [-0.4, -0.2) is 18.4 Å². The first kappa shape index (κ1) is 11.7. The quantitative estimate of drug-likeness (QED) is 0.453. The molecule has 0 spiro atoms. The molecule has 80 valence electrons. The van der Waals surface area contributed by atoms with Crippen molar-refractivity contribution >= 4 is 23.5 Å². The van der Waals surface area contributed by atoms with Gasteiger partial charge in [0.25, 0.3) is 0 Å². The van der Waals surface area contributed by atoms with Gasteiger partial charge in [-0.05, 0) is 37.2 Å². The lowest BCUT2D eigenvalue weighted by molar-refractivity contribution is 0.981. The Kier molecular flexibility index (Phi) is 4.24. The van der Waals surface area contributed by atoms with E-state index in [0.717, 1.165) is 5.56 Å². The van der Waals surface area contributed by atoms with Crippen molar-refractivity contribution in [1.29, 1.82) is 0 Å². The Labute approximate surface area is 95.6 Å². The molecule has 1 rings (SSSR count). The van der Waals surface area contributed by atoms with Crippen LogP contribution in [0.5, 0.6) is 0 Å². The van der Waals surface area contributed by atoms with Crippen LogP contribution in [0.3, 0.4) is 0 Å². The molecular weight excluding hydrogens is 206 g/mol. The highest BCUT2D eigenvalue weighted by molar-refractivity contribution is 7.80. The fourth-order valence-corrected chi connectivity index (χ4v) is 1.24. The number of rotatable bonds is 2. The molecule has 0 amide bonds. The normalized spacial score (nSPS) is 10.3. The molecule has 0 heterocycles. The number of benzene rings is 1. The molecule has 0 bridgehead atoms. The Hall–Kier alpha value is -1.42. The third kappa shape index (κ3) is 3.67. The SMILES string of the molecule is CNC(=S)NN=Cc1ccc(C)cc1C. The fraction of sp³-hybridized carbons (Fsp3) is 0.273. The predicted molar refractivity (Wildman–Crippen MR) is 68.3 cm³/mol. The van der Waals surface area contributed by atoms with Crippen LogP contribution in [0, 0.1) is 13.8 Å². The summed E-state index contributed by atoms with van der Waals surface area (Å²) in [4.78, 5) is 0. The number of nitrogens with zero attached hydrogens (tertiary/aromatic N) is 1. The van der Waals surface area contributed by atoms with Crippen LogP contribution in [0.25, 0.3) is 0 Å². The highest BCUT2D eigenvalue weighted by Gasteiger charge is 1.94. The molecule has 0 fully saturated rings. The van der Waals surface area contributed by atoms with Crippen LogP contribution in [0.2, 0.25) is 0 Å². The minimum absolute atomic E-state index is 0.510. The van der Waals surface area contributed by atoms with E-state index in [-0.39, 0.29) is 0 Å². The van der Waals surface area contributed by atoms with E-state index in [0.29, 0.717) is 5.11 Å². The van der Waals surface area contributed by atoms with E-state index in [4.69, 9.17) is 12.2 Å². The average molecular weight is 221 g/mol. The van der Waals surface area contributed by atoms with Gasteiger partial charge in [-0.15, -0.1) is 0 Å². The highest BCUT2D eigenvalue weighted by atomic mass is 32.1. The summed E-state index contributed by atoms with van der Waals surface area (Å²) in [5.74, 6) is 0. The van der Waals surface area contributed by atoms with Gasteiger partial charge in [0.15, 0.2) is 5.11 Å². The Morgan fingerprint density at radius 2 is 2.13 bits per heavy atom. The molecule has 0 atom stereocenters. The smallest absolute Gasteiger partial charge is 0.186 e. The molecule has 0 saturated heterocycles. The Morgan fingerprint density at radius 1 is 1.40 bits per heavy atom. The molecule has 0 aliphatic rings. The van der Waals surface area contributed by atoms with Crippen molar-refractivity contribution in [3.63, 3.8) is 0 Å². The van der Waals surface area contributed by atoms with E-state index >= 15 is 0 Å². The summed E-state index contributed by atoms with van der Waals surface area (Å²) in [5, 5.41) is 7.32. The first-order chi connectivity index (χ1) is 7.13. The van der Waals surface area contributed by atoms with Crippen LogP contribution < -0.4 is 10.7 Å². The summed E-state index contributed by atoms with van der Waals surface area (Å²) in [6, 6.07) is 6.22. The largest absolute Gasteiger partial charge is 0.364 e. The Morgan fingerprint density at radius 3 is 2.73 bits per heavy atom. The van der Waals surface area contributed by atoms with Crippen molar-refractivity contribution in [2.24, 2.45) is 5.10 Å². The second-order valence-electron chi connectivity index (χ2n) is 3.31. The molecule has 0 aliphatic heterocycles. The molecule has 1 aromatic carbocycles. The van der Waals surface area contributed by atoms with Crippen LogP contribution in [0.1, 0.15) is 16.7 Å². The zero-order valence-electron chi connectivity index (χ0n) is 9.16. The maximum absolute atomic E-state index is 4.89. The van der Waals surface area contributed by atoms with Gasteiger partial charge in [-0.1, -0.05) is 23.8 Å². The molecular formula is C11H15N3S. The second-order valence-corrected chi connectivity index (χ2v) is 3.72. The van der Waals surface area contributed by atoms with Gasteiger partial charge in [0, 0.05) is 7.05 Å². The lowest BCUT2D eigenvalue weighted by Crippen LogP contribution is -2.28. The first-order valence-electron chi connectivity index (χ1n) is 4.71. The van der Waals surface area contributed by atoms with E-state index in [1.807, 2.05) is 6.07 Å². The van der Waals surface area contributed by atoms with Gasteiger partial charge in [-0.25, -0.2) is 0 Å². The van der Waals surface area contributed by atoms with Gasteiger partial charge in [-0.3, -0.25) is 5.43 Å². The number of aryl methyl sites for hydroxylation is 2. The van der Waals surface area contributed by atoms with Crippen molar-refractivity contribution in [2.45, 2.75) is 13.8 Å². The summed E-state index contributed by atoms with van der Waals surface area (Å²) in [6.07, 6.45) is 1.76. The minimum Gasteiger partial charge on any atom is -0.364 e. The third-order valence-corrected chi connectivity index (χ3v) is 2.32. The summed E-state index contributed by atoms with van der Waals surface area (Å²) < 4.78 is 0. The van der Waals surface area contributed by atoms with Gasteiger partial charge >= 0.3 is 0 Å². The number of thiocarbonyl (C=S) groups is 1. The average Bonchev–Trinajstić information content (AvgIpc) is 2.21. The minimum atomic E-state index is 0.510. The van der Waals surface area contributed by atoms with Crippen LogP contribution in [0.15, 0.2) is 23.3 Å². The molecule has 4 heteroatoms. The molecule has 2 N–H and O–H groups in total. The van der Waals surface area contributed by atoms with Gasteiger partial charge in [-0.2, -0.15) is 5.10 Å². The zero-order valence-corrected chi connectivity index (χ0v) is 9.98. The molecule has 15 heavy (non-hydrogen) atoms. The Balaban J connectivity index is 2.68. The van der Waals surface area contributed by atoms with Gasteiger partial charge in [0.2, 0.25) is 0 Å². The third-order valence-electron chi connectivity index (χ3n) is 2.02. The predicted octanol–water partition coefficient (Wildman–Crippen LogP) is 1.73. The van der Waals surface area contributed by atoms with Crippen molar-refractivity contribution in [1.82, 2.24) is 10.7 Å². The fourth-order valence-electron chi connectivity index (χ4n) is 1.19. The van der Waals surface area contributed by atoms with Crippen molar-refractivity contribution in [3.05, 3.63) is 34.9 Å². The van der Waals surface area contributed by atoms with E-state index in [2.05, 4.69) is 41.8 Å². The summed E-state index contributed by atoms with van der Waals surface area (Å²) in [5.41, 5.74) is 6.26. The van der Waals surface area contributed by atoms with Crippen molar-refractivity contribution in [3.8, 4) is 0 Å². The topological polar surface area (TPSA) is 36.4 Å². The zero-order chi connectivity index (χ0) is 11.3. The molecule has 0 saturated carbocycles. The lowest BCUT2D eigenvalue weighted by Gasteiger charge is -2.02. The molecule has 3 nitrogen and oxygen atoms in total. The van der Waals surface area contributed by atoms with Crippen molar-refractivity contribution in [2.75, 3.05) is 7.05 Å². The standard InChI is InChI=1S/C11H15N3S/c1-8-4-5-10(9(2)6-8)7-13-14-11(15)12-3/h4-7H,1-3H3,(H2,12,14,15). The van der Waals surface area contributed by atoms with E-state index in [1.54, 1.807) is 13.3 Å². The maximum atomic E-state index is 4.89. The van der Waals surface area contributed by atoms with Gasteiger partial charge < -0.3 is 5.32 Å². The molecule has 0 radical (unpaired) electrons. The first-order valence-corrected chi connectivity index (χ1v) is 5.12. The number of hydrogen-bond acceptors (Lipinski definition) is 2. The monoisotopic (exact) mass is 221 g/mol. The lowest BCUT2D eigenvalue weighted by atomic mass is 10.1. The van der Waals surface area contributed by atoms with Crippen molar-refractivity contribution < 1.29 is 0 Å². The van der Waals surface area contributed by atoms with Gasteiger partial charge in [0.05, 0.1) is 6.21 Å². The van der Waals surface area contributed by atoms with Gasteiger partial charge in [0.1, 0.15) is 0 Å². The van der Waals surface area contributed by atoms with E-state index in [1.165, 1.54) is 11.1 Å². The second kappa shape index (κ2) is 5.46. The number of nitrogens with one attached hydrogen (secondary N) is 2. The molecule has 0 aromatic heterocycles. The molecule has 0 aliphatic carbocycles. The van der Waals surface area contributed by atoms with Crippen LogP contribution >= 0.6 is 12.2 Å². The van der Waals surface area contributed by atoms with E-state index in [9.17, 15) is 0 Å². The van der Waals surface area contributed by atoms with Crippen LogP contribution in [-0.2, 0) is 0 Å². The summed E-state index contributed by atoms with van der Waals surface area (Å²) >= 11 is 4.89. The highest BCUT2D eigenvalue weighted by Crippen LogP contribution is 2.07. The maximum Gasteiger partial charge on any atom is 0.186 e.